The summed E-state index contributed by atoms with van der Waals surface area (Å²) in [6, 6.07) is 8.82. The van der Waals surface area contributed by atoms with Crippen LogP contribution in [0.4, 0.5) is 0 Å². The summed E-state index contributed by atoms with van der Waals surface area (Å²) in [4.78, 5) is 2.30. The normalized spacial score (nSPS) is 13.4. The Labute approximate surface area is 129 Å². The van der Waals surface area contributed by atoms with E-state index in [0.717, 1.165) is 6.54 Å². The Hall–Kier alpha value is -0.900. The van der Waals surface area contributed by atoms with Crippen LogP contribution in [0.1, 0.15) is 38.8 Å². The molecule has 0 aliphatic carbocycles. The lowest BCUT2D eigenvalue weighted by molar-refractivity contribution is 0.00171. The smallest absolute Gasteiger partial charge is 0.0900 e. The first-order valence-electron chi connectivity index (χ1n) is 7.94. The summed E-state index contributed by atoms with van der Waals surface area (Å²) >= 11 is 0. The van der Waals surface area contributed by atoms with Crippen molar-refractivity contribution in [1.82, 2.24) is 4.90 Å². The van der Waals surface area contributed by atoms with Gasteiger partial charge in [-0.15, -0.1) is 0 Å². The van der Waals surface area contributed by atoms with Gasteiger partial charge in [-0.05, 0) is 37.8 Å². The van der Waals surface area contributed by atoms with E-state index in [0.29, 0.717) is 31.7 Å². The molecule has 0 aliphatic rings. The van der Waals surface area contributed by atoms with Crippen LogP contribution in [-0.2, 0) is 11.3 Å². The molecule has 1 rings (SSSR count). The number of ether oxygens (including phenoxy) is 1. The maximum atomic E-state index is 10.2. The van der Waals surface area contributed by atoms with Crippen LogP contribution in [0, 0.1) is 12.8 Å². The fourth-order valence-corrected chi connectivity index (χ4v) is 2.23. The fraction of sp³-hybridized carbons (Fsp3) is 0.667. The summed E-state index contributed by atoms with van der Waals surface area (Å²) < 4.78 is 5.53. The van der Waals surface area contributed by atoms with Gasteiger partial charge in [0.25, 0.3) is 0 Å². The number of rotatable bonds is 9. The Morgan fingerprint density at radius 1 is 1.10 bits per heavy atom. The zero-order chi connectivity index (χ0) is 15.8. The second-order valence-electron chi connectivity index (χ2n) is 6.53. The number of hydrogen-bond donors (Lipinski definition) is 1. The maximum Gasteiger partial charge on any atom is 0.0900 e. The predicted octanol–water partition coefficient (Wildman–Crippen LogP) is 3.24. The zero-order valence-corrected chi connectivity index (χ0v) is 14.2. The Balaban J connectivity index is 2.52. The van der Waals surface area contributed by atoms with Gasteiger partial charge in [0.05, 0.1) is 12.7 Å². The molecule has 0 heterocycles. The standard InChI is InChI=1S/C18H31NO2/c1-14(2)12-21-13-18(20)11-19(15(3)4)10-17-9-7-6-8-16(17)5/h6-9,14-15,18,20H,10-13H2,1-5H3. The highest BCUT2D eigenvalue weighted by molar-refractivity contribution is 5.25. The second kappa shape index (κ2) is 9.19. The van der Waals surface area contributed by atoms with E-state index < -0.39 is 6.10 Å². The summed E-state index contributed by atoms with van der Waals surface area (Å²) in [6.45, 7) is 13.3. The molecular formula is C18H31NO2. The minimum absolute atomic E-state index is 0.393. The molecule has 0 amide bonds. The zero-order valence-electron chi connectivity index (χ0n) is 14.2. The largest absolute Gasteiger partial charge is 0.389 e. The lowest BCUT2D eigenvalue weighted by Crippen LogP contribution is -2.39. The van der Waals surface area contributed by atoms with E-state index in [9.17, 15) is 5.11 Å². The molecule has 1 unspecified atom stereocenters. The molecule has 0 aliphatic heterocycles. The minimum atomic E-state index is -0.435. The predicted molar refractivity (Wildman–Crippen MR) is 88.4 cm³/mol. The SMILES string of the molecule is Cc1ccccc1CN(CC(O)COCC(C)C)C(C)C. The van der Waals surface area contributed by atoms with Crippen molar-refractivity contribution in [1.29, 1.82) is 0 Å². The van der Waals surface area contributed by atoms with E-state index in [1.807, 2.05) is 0 Å². The maximum absolute atomic E-state index is 10.2. The molecule has 0 spiro atoms. The number of aliphatic hydroxyl groups excluding tert-OH is 1. The number of benzene rings is 1. The number of aliphatic hydroxyl groups is 1. The molecule has 120 valence electrons. The van der Waals surface area contributed by atoms with Gasteiger partial charge in [-0.1, -0.05) is 38.1 Å². The van der Waals surface area contributed by atoms with Gasteiger partial charge in [-0.25, -0.2) is 0 Å². The lowest BCUT2D eigenvalue weighted by Gasteiger charge is -2.29. The molecule has 1 N–H and O–H groups in total. The van der Waals surface area contributed by atoms with Gasteiger partial charge in [-0.2, -0.15) is 0 Å². The minimum Gasteiger partial charge on any atom is -0.389 e. The first-order chi connectivity index (χ1) is 9.90. The monoisotopic (exact) mass is 293 g/mol. The molecule has 0 bridgehead atoms. The number of aryl methyl sites for hydroxylation is 1. The van der Waals surface area contributed by atoms with Gasteiger partial charge in [0.2, 0.25) is 0 Å². The molecule has 3 nitrogen and oxygen atoms in total. The van der Waals surface area contributed by atoms with Crippen LogP contribution in [0.15, 0.2) is 24.3 Å². The first-order valence-corrected chi connectivity index (χ1v) is 7.94. The van der Waals surface area contributed by atoms with Crippen molar-refractivity contribution in [3.8, 4) is 0 Å². The van der Waals surface area contributed by atoms with Crippen LogP contribution in [0.2, 0.25) is 0 Å². The summed E-state index contributed by atoms with van der Waals surface area (Å²) in [5.74, 6) is 0.505. The van der Waals surface area contributed by atoms with E-state index in [1.54, 1.807) is 0 Å². The molecule has 0 aromatic heterocycles. The lowest BCUT2D eigenvalue weighted by atomic mass is 10.1. The van der Waals surface area contributed by atoms with Gasteiger partial charge < -0.3 is 9.84 Å². The van der Waals surface area contributed by atoms with Crippen LogP contribution < -0.4 is 0 Å². The molecule has 3 heteroatoms. The van der Waals surface area contributed by atoms with E-state index in [1.165, 1.54) is 11.1 Å². The van der Waals surface area contributed by atoms with Crippen molar-refractivity contribution in [2.45, 2.75) is 53.3 Å². The van der Waals surface area contributed by atoms with Crippen LogP contribution in [0.25, 0.3) is 0 Å². The quantitative estimate of drug-likeness (QED) is 0.758. The fourth-order valence-electron chi connectivity index (χ4n) is 2.23. The Morgan fingerprint density at radius 2 is 1.76 bits per heavy atom. The van der Waals surface area contributed by atoms with Crippen LogP contribution >= 0.6 is 0 Å². The average Bonchev–Trinajstić information content (AvgIpc) is 2.39. The molecule has 1 aromatic carbocycles. The van der Waals surface area contributed by atoms with Gasteiger partial charge in [0.15, 0.2) is 0 Å². The highest BCUT2D eigenvalue weighted by Crippen LogP contribution is 2.13. The molecule has 1 aromatic rings. The van der Waals surface area contributed by atoms with E-state index >= 15 is 0 Å². The summed E-state index contributed by atoms with van der Waals surface area (Å²) in [7, 11) is 0. The highest BCUT2D eigenvalue weighted by atomic mass is 16.5. The molecule has 0 fully saturated rings. The highest BCUT2D eigenvalue weighted by Gasteiger charge is 2.16. The molecule has 21 heavy (non-hydrogen) atoms. The molecular weight excluding hydrogens is 262 g/mol. The Kier molecular flexibility index (Phi) is 7.94. The van der Waals surface area contributed by atoms with Crippen LogP contribution in [0.5, 0.6) is 0 Å². The third-order valence-electron chi connectivity index (χ3n) is 3.57. The first kappa shape index (κ1) is 18.1. The van der Waals surface area contributed by atoms with Crippen molar-refractivity contribution in [2.24, 2.45) is 5.92 Å². The molecule has 0 radical (unpaired) electrons. The molecule has 0 saturated heterocycles. The summed E-state index contributed by atoms with van der Waals surface area (Å²) in [5, 5.41) is 10.2. The van der Waals surface area contributed by atoms with Gasteiger partial charge >= 0.3 is 0 Å². The molecule has 0 saturated carbocycles. The van der Waals surface area contributed by atoms with E-state index in [4.69, 9.17) is 4.74 Å². The van der Waals surface area contributed by atoms with Gasteiger partial charge in [0.1, 0.15) is 0 Å². The summed E-state index contributed by atoms with van der Waals surface area (Å²) in [6.07, 6.45) is -0.435. The topological polar surface area (TPSA) is 32.7 Å². The third-order valence-corrected chi connectivity index (χ3v) is 3.57. The van der Waals surface area contributed by atoms with Crippen molar-refractivity contribution < 1.29 is 9.84 Å². The van der Waals surface area contributed by atoms with Crippen LogP contribution in [-0.4, -0.2) is 41.9 Å². The van der Waals surface area contributed by atoms with Crippen molar-refractivity contribution in [3.05, 3.63) is 35.4 Å². The Morgan fingerprint density at radius 3 is 2.33 bits per heavy atom. The van der Waals surface area contributed by atoms with E-state index in [2.05, 4.69) is 63.8 Å². The van der Waals surface area contributed by atoms with Crippen molar-refractivity contribution in [3.63, 3.8) is 0 Å². The van der Waals surface area contributed by atoms with E-state index in [-0.39, 0.29) is 0 Å². The third kappa shape index (κ3) is 7.07. The number of nitrogens with zero attached hydrogens (tertiary/aromatic N) is 1. The molecule has 1 atom stereocenters. The number of hydrogen-bond acceptors (Lipinski definition) is 3. The Bertz CT molecular complexity index is 404. The van der Waals surface area contributed by atoms with Gasteiger partial charge in [0, 0.05) is 25.7 Å². The van der Waals surface area contributed by atoms with Gasteiger partial charge in [-0.3, -0.25) is 4.90 Å². The average molecular weight is 293 g/mol. The van der Waals surface area contributed by atoms with Crippen molar-refractivity contribution in [2.75, 3.05) is 19.8 Å². The summed E-state index contributed by atoms with van der Waals surface area (Å²) in [5.41, 5.74) is 2.62. The second-order valence-corrected chi connectivity index (χ2v) is 6.53. The van der Waals surface area contributed by atoms with Crippen molar-refractivity contribution >= 4 is 0 Å². The van der Waals surface area contributed by atoms with Crippen LogP contribution in [0.3, 0.4) is 0 Å².